The van der Waals surface area contributed by atoms with E-state index in [9.17, 15) is 17.6 Å². The minimum absolute atomic E-state index is 0.104. The molecule has 1 atom stereocenters. The molecule has 0 N–H and O–H groups in total. The van der Waals surface area contributed by atoms with Gasteiger partial charge >= 0.3 is 6.18 Å². The van der Waals surface area contributed by atoms with Gasteiger partial charge in [-0.1, -0.05) is 0 Å². The Morgan fingerprint density at radius 1 is 1.29 bits per heavy atom. The van der Waals surface area contributed by atoms with Crippen molar-refractivity contribution in [3.05, 3.63) is 34.8 Å². The zero-order chi connectivity index (χ0) is 15.2. The molecule has 1 saturated carbocycles. The second kappa shape index (κ2) is 5.24. The summed E-state index contributed by atoms with van der Waals surface area (Å²) in [6.07, 6.45) is -0.494. The van der Waals surface area contributed by atoms with Crippen molar-refractivity contribution in [2.24, 2.45) is 5.92 Å². The van der Waals surface area contributed by atoms with Crippen LogP contribution in [-0.2, 0) is 6.18 Å². The lowest BCUT2D eigenvalue weighted by Gasteiger charge is -2.10. The second-order valence-electron chi connectivity index (χ2n) is 4.90. The van der Waals surface area contributed by atoms with Crippen molar-refractivity contribution in [2.75, 3.05) is 0 Å². The number of thiol groups is 1. The fourth-order valence-corrected chi connectivity index (χ4v) is 3.74. The molecule has 2 heterocycles. The number of halogens is 4. The van der Waals surface area contributed by atoms with Crippen LogP contribution < -0.4 is 0 Å². The summed E-state index contributed by atoms with van der Waals surface area (Å²) < 4.78 is 52.5. The van der Waals surface area contributed by atoms with Crippen molar-refractivity contribution in [3.63, 3.8) is 0 Å². The quantitative estimate of drug-likeness (QED) is 0.648. The van der Waals surface area contributed by atoms with Gasteiger partial charge in [0.1, 0.15) is 10.8 Å². The molecular formula is C13H10F4N2S2. The third-order valence-corrected chi connectivity index (χ3v) is 5.25. The number of aromatic nitrogens is 2. The van der Waals surface area contributed by atoms with E-state index < -0.39 is 22.9 Å². The summed E-state index contributed by atoms with van der Waals surface area (Å²) in [5, 5.41) is -0.363. The highest BCUT2D eigenvalue weighted by Crippen LogP contribution is 2.50. The van der Waals surface area contributed by atoms with Crippen LogP contribution in [0.1, 0.15) is 28.7 Å². The molecule has 21 heavy (non-hydrogen) atoms. The van der Waals surface area contributed by atoms with Crippen LogP contribution in [0.15, 0.2) is 18.5 Å². The van der Waals surface area contributed by atoms with E-state index in [1.54, 1.807) is 0 Å². The van der Waals surface area contributed by atoms with Crippen LogP contribution in [0.25, 0.3) is 10.6 Å². The van der Waals surface area contributed by atoms with E-state index in [2.05, 4.69) is 22.6 Å². The highest BCUT2D eigenvalue weighted by atomic mass is 32.1. The number of alkyl halides is 3. The van der Waals surface area contributed by atoms with E-state index in [0.29, 0.717) is 0 Å². The van der Waals surface area contributed by atoms with Crippen molar-refractivity contribution < 1.29 is 17.6 Å². The van der Waals surface area contributed by atoms with Crippen LogP contribution in [-0.4, -0.2) is 9.97 Å². The van der Waals surface area contributed by atoms with E-state index in [0.717, 1.165) is 36.4 Å². The third kappa shape index (κ3) is 3.06. The molecule has 2 nitrogen and oxygen atoms in total. The van der Waals surface area contributed by atoms with Crippen molar-refractivity contribution in [3.8, 4) is 10.6 Å². The van der Waals surface area contributed by atoms with E-state index in [-0.39, 0.29) is 21.4 Å². The van der Waals surface area contributed by atoms with Crippen molar-refractivity contribution >= 4 is 24.0 Å². The lowest BCUT2D eigenvalue weighted by Crippen LogP contribution is -2.10. The molecule has 112 valence electrons. The van der Waals surface area contributed by atoms with Gasteiger partial charge in [-0.15, -0.1) is 11.3 Å². The van der Waals surface area contributed by atoms with E-state index >= 15 is 0 Å². The number of pyridine rings is 1. The molecule has 1 aliphatic carbocycles. The summed E-state index contributed by atoms with van der Waals surface area (Å²) in [6, 6.07) is 1.13. The molecule has 1 aliphatic rings. The lowest BCUT2D eigenvalue weighted by molar-refractivity contribution is -0.141. The molecule has 0 amide bonds. The molecule has 1 fully saturated rings. The van der Waals surface area contributed by atoms with Crippen molar-refractivity contribution in [2.45, 2.75) is 24.3 Å². The van der Waals surface area contributed by atoms with Gasteiger partial charge in [0.05, 0.1) is 11.1 Å². The molecule has 1 unspecified atom stereocenters. The molecule has 0 saturated heterocycles. The predicted molar refractivity (Wildman–Crippen MR) is 74.8 cm³/mol. The Morgan fingerprint density at radius 3 is 2.57 bits per heavy atom. The number of thiazole rings is 1. The smallest absolute Gasteiger partial charge is 0.261 e. The maximum atomic E-state index is 13.2. The van der Waals surface area contributed by atoms with Gasteiger partial charge in [-0.25, -0.2) is 9.37 Å². The Morgan fingerprint density at radius 2 is 2.00 bits per heavy atom. The van der Waals surface area contributed by atoms with Crippen LogP contribution in [0.3, 0.4) is 0 Å². The summed E-state index contributed by atoms with van der Waals surface area (Å²) in [4.78, 5) is 7.41. The minimum Gasteiger partial charge on any atom is -0.261 e. The molecule has 3 rings (SSSR count). The molecule has 0 aromatic carbocycles. The molecule has 2 aromatic rings. The van der Waals surface area contributed by atoms with Crippen LogP contribution in [0.4, 0.5) is 17.6 Å². The number of nitrogens with zero attached hydrogens (tertiary/aromatic N) is 2. The number of hydrogen-bond acceptors (Lipinski definition) is 4. The highest BCUT2D eigenvalue weighted by molar-refractivity contribution is 7.80. The maximum absolute atomic E-state index is 13.2. The molecule has 2 aromatic heterocycles. The maximum Gasteiger partial charge on any atom is 0.434 e. The summed E-state index contributed by atoms with van der Waals surface area (Å²) in [5.41, 5.74) is -0.674. The first-order valence-corrected chi connectivity index (χ1v) is 7.56. The van der Waals surface area contributed by atoms with Crippen LogP contribution >= 0.6 is 24.0 Å². The Labute approximate surface area is 127 Å². The standard InChI is InChI=1S/C13H10F4N2S2/c14-8-3-7(4-18-5-8)12-19-11(13(15,16)17)10(21-12)9(20)6-1-2-6/h3-6,9,20H,1-2H2. The Hall–Kier alpha value is -1.15. The van der Waals surface area contributed by atoms with E-state index in [1.807, 2.05) is 0 Å². The zero-order valence-corrected chi connectivity index (χ0v) is 12.3. The summed E-state index contributed by atoms with van der Waals surface area (Å²) in [5.74, 6) is -0.448. The highest BCUT2D eigenvalue weighted by Gasteiger charge is 2.42. The predicted octanol–water partition coefficient (Wildman–Crippen LogP) is 4.74. The van der Waals surface area contributed by atoms with Crippen LogP contribution in [0.2, 0.25) is 0 Å². The van der Waals surface area contributed by atoms with Gasteiger partial charge in [0.25, 0.3) is 0 Å². The first-order chi connectivity index (χ1) is 9.86. The molecule has 0 bridgehead atoms. The Bertz CT molecular complexity index is 664. The van der Waals surface area contributed by atoms with Crippen molar-refractivity contribution in [1.82, 2.24) is 9.97 Å². The van der Waals surface area contributed by atoms with E-state index in [1.165, 1.54) is 6.20 Å². The summed E-state index contributed by atoms with van der Waals surface area (Å²) >= 11 is 5.22. The normalized spacial score (nSPS) is 17.0. The second-order valence-corrected chi connectivity index (χ2v) is 6.49. The zero-order valence-electron chi connectivity index (χ0n) is 10.6. The Kier molecular flexibility index (Phi) is 3.69. The van der Waals surface area contributed by atoms with Gasteiger partial charge in [0, 0.05) is 17.0 Å². The molecule has 0 radical (unpaired) electrons. The van der Waals surface area contributed by atoms with Gasteiger partial charge in [0.2, 0.25) is 0 Å². The first kappa shape index (κ1) is 14.8. The number of rotatable bonds is 3. The first-order valence-electron chi connectivity index (χ1n) is 6.23. The van der Waals surface area contributed by atoms with Crippen molar-refractivity contribution in [1.29, 1.82) is 0 Å². The van der Waals surface area contributed by atoms with Gasteiger partial charge in [-0.3, -0.25) is 4.98 Å². The summed E-state index contributed by atoms with van der Waals surface area (Å²) in [6.45, 7) is 0. The average molecular weight is 334 g/mol. The molecular weight excluding hydrogens is 324 g/mol. The van der Waals surface area contributed by atoms with Gasteiger partial charge in [-0.05, 0) is 24.8 Å². The molecule has 0 spiro atoms. The SMILES string of the molecule is Fc1cncc(-c2nc(C(F)(F)F)c(C(S)C3CC3)s2)c1. The van der Waals surface area contributed by atoms with Crippen LogP contribution in [0, 0.1) is 11.7 Å². The van der Waals surface area contributed by atoms with Gasteiger partial charge in [0.15, 0.2) is 5.69 Å². The number of hydrogen-bond donors (Lipinski definition) is 1. The monoisotopic (exact) mass is 334 g/mol. The summed E-state index contributed by atoms with van der Waals surface area (Å²) in [7, 11) is 0. The van der Waals surface area contributed by atoms with E-state index in [4.69, 9.17) is 0 Å². The fourth-order valence-electron chi connectivity index (χ4n) is 2.01. The largest absolute Gasteiger partial charge is 0.434 e. The van der Waals surface area contributed by atoms with Gasteiger partial charge < -0.3 is 0 Å². The third-order valence-electron chi connectivity index (χ3n) is 3.21. The molecule has 8 heteroatoms. The Balaban J connectivity index is 2.07. The van der Waals surface area contributed by atoms with Gasteiger partial charge in [-0.2, -0.15) is 25.8 Å². The average Bonchev–Trinajstić information content (AvgIpc) is 3.14. The minimum atomic E-state index is -4.54. The fraction of sp³-hybridized carbons (Fsp3) is 0.385. The van der Waals surface area contributed by atoms with Crippen LogP contribution in [0.5, 0.6) is 0 Å². The topological polar surface area (TPSA) is 25.8 Å². The molecule has 0 aliphatic heterocycles. The lowest BCUT2D eigenvalue weighted by atomic mass is 10.2.